The van der Waals surface area contributed by atoms with Crippen LogP contribution in [-0.2, 0) is 4.79 Å². The number of hydrogen-bond acceptors (Lipinski definition) is 4. The summed E-state index contributed by atoms with van der Waals surface area (Å²) in [6.07, 6.45) is 1.78. The van der Waals surface area contributed by atoms with Gasteiger partial charge < -0.3 is 10.6 Å². The number of nitrogens with two attached hydrogens (primary N) is 1. The fraction of sp³-hybridized carbons (Fsp3) is 0.500. The lowest BCUT2D eigenvalue weighted by atomic mass is 9.92. The first-order valence-corrected chi connectivity index (χ1v) is 8.38. The molecular formula is C18H23N3O3. The second-order valence-corrected chi connectivity index (χ2v) is 6.85. The van der Waals surface area contributed by atoms with Gasteiger partial charge in [-0.3, -0.25) is 19.3 Å². The third kappa shape index (κ3) is 2.82. The molecule has 3 amide bonds. The topological polar surface area (TPSA) is 83.7 Å². The lowest BCUT2D eigenvalue weighted by Crippen LogP contribution is -2.52. The fourth-order valence-electron chi connectivity index (χ4n) is 3.58. The van der Waals surface area contributed by atoms with Gasteiger partial charge in [0.15, 0.2) is 0 Å². The standard InChI is InChI=1S/C18H23N3O3/c1-11-3-4-14-15(8-11)18(24)21(17(14)23)10-16(22)20-6-5-12(2)7-13(20)9-19/h3-4,8,12-13H,5-7,9-10,19H2,1-2H3. The van der Waals surface area contributed by atoms with Gasteiger partial charge in [-0.25, -0.2) is 0 Å². The highest BCUT2D eigenvalue weighted by molar-refractivity contribution is 6.22. The van der Waals surface area contributed by atoms with E-state index < -0.39 is 5.91 Å². The van der Waals surface area contributed by atoms with Crippen molar-refractivity contribution in [2.24, 2.45) is 11.7 Å². The number of carbonyl (C=O) groups is 3. The van der Waals surface area contributed by atoms with E-state index in [9.17, 15) is 14.4 Å². The summed E-state index contributed by atoms with van der Waals surface area (Å²) in [7, 11) is 0. The van der Waals surface area contributed by atoms with Crippen LogP contribution >= 0.6 is 0 Å². The van der Waals surface area contributed by atoms with Crippen LogP contribution < -0.4 is 5.73 Å². The van der Waals surface area contributed by atoms with Crippen molar-refractivity contribution in [1.29, 1.82) is 0 Å². The normalized spacial score (nSPS) is 23.6. The van der Waals surface area contributed by atoms with E-state index in [1.165, 1.54) is 0 Å². The highest BCUT2D eigenvalue weighted by Crippen LogP contribution is 2.26. The Morgan fingerprint density at radius 3 is 2.67 bits per heavy atom. The molecule has 2 heterocycles. The summed E-state index contributed by atoms with van der Waals surface area (Å²) < 4.78 is 0. The van der Waals surface area contributed by atoms with Crippen LogP contribution in [0.1, 0.15) is 46.0 Å². The van der Waals surface area contributed by atoms with Gasteiger partial charge in [0.25, 0.3) is 11.8 Å². The van der Waals surface area contributed by atoms with E-state index in [2.05, 4.69) is 6.92 Å². The zero-order chi connectivity index (χ0) is 17.4. The predicted octanol–water partition coefficient (Wildman–Crippen LogP) is 1.18. The summed E-state index contributed by atoms with van der Waals surface area (Å²) in [5, 5.41) is 0. The zero-order valence-corrected chi connectivity index (χ0v) is 14.1. The van der Waals surface area contributed by atoms with E-state index >= 15 is 0 Å². The molecule has 2 N–H and O–H groups in total. The molecule has 0 saturated carbocycles. The number of likely N-dealkylation sites (tertiary alicyclic amines) is 1. The number of carbonyl (C=O) groups excluding carboxylic acids is 3. The third-order valence-corrected chi connectivity index (χ3v) is 4.99. The molecule has 2 unspecified atom stereocenters. The van der Waals surface area contributed by atoms with Crippen LogP contribution in [0.5, 0.6) is 0 Å². The van der Waals surface area contributed by atoms with E-state index in [4.69, 9.17) is 5.73 Å². The van der Waals surface area contributed by atoms with Gasteiger partial charge in [0.05, 0.1) is 11.1 Å². The number of amides is 3. The van der Waals surface area contributed by atoms with E-state index in [0.717, 1.165) is 23.3 Å². The first-order chi connectivity index (χ1) is 11.4. The smallest absolute Gasteiger partial charge is 0.262 e. The monoisotopic (exact) mass is 329 g/mol. The molecule has 0 radical (unpaired) electrons. The van der Waals surface area contributed by atoms with Crippen molar-refractivity contribution in [3.8, 4) is 0 Å². The number of rotatable bonds is 3. The molecule has 2 aliphatic heterocycles. The van der Waals surface area contributed by atoms with Gasteiger partial charge in [0, 0.05) is 19.1 Å². The van der Waals surface area contributed by atoms with E-state index in [1.807, 2.05) is 6.92 Å². The molecule has 1 fully saturated rings. The van der Waals surface area contributed by atoms with Crippen molar-refractivity contribution in [1.82, 2.24) is 9.80 Å². The van der Waals surface area contributed by atoms with Crippen LogP contribution in [0.4, 0.5) is 0 Å². The Balaban J connectivity index is 1.76. The molecule has 0 aromatic heterocycles. The van der Waals surface area contributed by atoms with Crippen molar-refractivity contribution in [2.75, 3.05) is 19.6 Å². The Labute approximate surface area is 141 Å². The molecule has 1 aromatic rings. The SMILES string of the molecule is Cc1ccc2c(c1)C(=O)N(CC(=O)N1CCC(C)CC1CN)C2=O. The zero-order valence-electron chi connectivity index (χ0n) is 14.1. The molecule has 1 aromatic carbocycles. The molecule has 2 atom stereocenters. The van der Waals surface area contributed by atoms with Crippen LogP contribution in [0.3, 0.4) is 0 Å². The van der Waals surface area contributed by atoms with E-state index in [-0.39, 0.29) is 24.4 Å². The third-order valence-electron chi connectivity index (χ3n) is 4.99. The van der Waals surface area contributed by atoms with Crippen LogP contribution in [0.25, 0.3) is 0 Å². The average Bonchev–Trinajstić information content (AvgIpc) is 2.79. The maximum atomic E-state index is 12.7. The van der Waals surface area contributed by atoms with Crippen molar-refractivity contribution < 1.29 is 14.4 Å². The summed E-state index contributed by atoms with van der Waals surface area (Å²) in [6, 6.07) is 5.14. The number of nitrogens with zero attached hydrogens (tertiary/aromatic N) is 2. The van der Waals surface area contributed by atoms with Gasteiger partial charge in [-0.1, -0.05) is 18.6 Å². The highest BCUT2D eigenvalue weighted by atomic mass is 16.2. The second-order valence-electron chi connectivity index (χ2n) is 6.85. The minimum Gasteiger partial charge on any atom is -0.337 e. The summed E-state index contributed by atoms with van der Waals surface area (Å²) >= 11 is 0. The van der Waals surface area contributed by atoms with Gasteiger partial charge in [0.2, 0.25) is 5.91 Å². The lowest BCUT2D eigenvalue weighted by molar-refractivity contribution is -0.135. The minimum atomic E-state index is -0.391. The largest absolute Gasteiger partial charge is 0.337 e. The van der Waals surface area contributed by atoms with Crippen LogP contribution in [0.2, 0.25) is 0 Å². The first-order valence-electron chi connectivity index (χ1n) is 8.38. The molecule has 2 aliphatic rings. The fourth-order valence-corrected chi connectivity index (χ4v) is 3.58. The molecular weight excluding hydrogens is 306 g/mol. The minimum absolute atomic E-state index is 0.0151. The predicted molar refractivity (Wildman–Crippen MR) is 89.5 cm³/mol. The van der Waals surface area contributed by atoms with Gasteiger partial charge in [-0.2, -0.15) is 0 Å². The molecule has 1 saturated heterocycles. The van der Waals surface area contributed by atoms with Crippen molar-refractivity contribution in [2.45, 2.75) is 32.7 Å². The molecule has 0 spiro atoms. The van der Waals surface area contributed by atoms with Crippen LogP contribution in [-0.4, -0.2) is 53.2 Å². The summed E-state index contributed by atoms with van der Waals surface area (Å²) in [5.41, 5.74) is 7.47. The molecule has 6 nitrogen and oxygen atoms in total. The molecule has 24 heavy (non-hydrogen) atoms. The Bertz CT molecular complexity index is 701. The number of piperidine rings is 1. The average molecular weight is 329 g/mol. The number of imide groups is 1. The summed E-state index contributed by atoms with van der Waals surface area (Å²) in [6.45, 7) is 4.83. The number of hydrogen-bond donors (Lipinski definition) is 1. The molecule has 3 rings (SSSR count). The highest BCUT2D eigenvalue weighted by Gasteiger charge is 2.38. The van der Waals surface area contributed by atoms with Crippen molar-refractivity contribution >= 4 is 17.7 Å². The Morgan fingerprint density at radius 2 is 1.96 bits per heavy atom. The summed E-state index contributed by atoms with van der Waals surface area (Å²) in [5.74, 6) is -0.451. The van der Waals surface area contributed by atoms with Crippen LogP contribution in [0.15, 0.2) is 18.2 Å². The van der Waals surface area contributed by atoms with Gasteiger partial charge >= 0.3 is 0 Å². The second kappa shape index (κ2) is 6.36. The maximum absolute atomic E-state index is 12.7. The lowest BCUT2D eigenvalue weighted by Gasteiger charge is -2.38. The Kier molecular flexibility index (Phi) is 4.41. The van der Waals surface area contributed by atoms with Crippen molar-refractivity contribution in [3.05, 3.63) is 34.9 Å². The van der Waals surface area contributed by atoms with Gasteiger partial charge in [0.1, 0.15) is 6.54 Å². The van der Waals surface area contributed by atoms with E-state index in [1.54, 1.807) is 23.1 Å². The molecule has 6 heteroatoms. The molecule has 128 valence electrons. The van der Waals surface area contributed by atoms with E-state index in [0.29, 0.717) is 30.1 Å². The van der Waals surface area contributed by atoms with Gasteiger partial charge in [-0.15, -0.1) is 0 Å². The van der Waals surface area contributed by atoms with Crippen LogP contribution in [0, 0.1) is 12.8 Å². The quantitative estimate of drug-likeness (QED) is 0.844. The number of fused-ring (bicyclic) bond motifs is 1. The van der Waals surface area contributed by atoms with Gasteiger partial charge in [-0.05, 0) is 37.8 Å². The Morgan fingerprint density at radius 1 is 1.25 bits per heavy atom. The Hall–Kier alpha value is -2.21. The molecule has 0 aliphatic carbocycles. The summed E-state index contributed by atoms with van der Waals surface area (Å²) in [4.78, 5) is 40.4. The molecule has 0 bridgehead atoms. The first kappa shape index (κ1) is 16.6. The van der Waals surface area contributed by atoms with Crippen molar-refractivity contribution in [3.63, 3.8) is 0 Å². The number of benzene rings is 1. The number of aryl methyl sites for hydroxylation is 1. The maximum Gasteiger partial charge on any atom is 0.262 e.